The molecule has 2 saturated heterocycles. The molecule has 4 aliphatic rings. The van der Waals surface area contributed by atoms with Crippen LogP contribution in [0.1, 0.15) is 89.4 Å². The lowest BCUT2D eigenvalue weighted by Gasteiger charge is -2.32. The van der Waals surface area contributed by atoms with Gasteiger partial charge in [-0.1, -0.05) is 42.8 Å². The van der Waals surface area contributed by atoms with Crippen LogP contribution in [-0.4, -0.2) is 47.9 Å². The quantitative estimate of drug-likeness (QED) is 0.703. The molecule has 6 rings (SSSR count). The first-order chi connectivity index (χ1) is 16.2. The van der Waals surface area contributed by atoms with Gasteiger partial charge in [-0.15, -0.1) is 0 Å². The number of nitrogens with one attached hydrogen (secondary N) is 1. The van der Waals surface area contributed by atoms with Crippen molar-refractivity contribution < 1.29 is 4.79 Å². The SMILES string of the molecule is O=C1c2ccc(C3CCN(Cc4ccc(C5CCC5)cc4)CC3)cc2CN1C1CCCNC1. The second-order valence-corrected chi connectivity index (χ2v) is 10.8. The summed E-state index contributed by atoms with van der Waals surface area (Å²) in [7, 11) is 0. The van der Waals surface area contributed by atoms with Crippen LogP contribution in [0.2, 0.25) is 0 Å². The fourth-order valence-corrected chi connectivity index (χ4v) is 6.33. The maximum atomic E-state index is 13.0. The molecule has 2 aromatic carbocycles. The van der Waals surface area contributed by atoms with Crippen molar-refractivity contribution >= 4 is 5.91 Å². The van der Waals surface area contributed by atoms with Gasteiger partial charge in [0.15, 0.2) is 0 Å². The Balaban J connectivity index is 1.05. The molecule has 0 bridgehead atoms. The number of carbonyl (C=O) groups excluding carboxylic acids is 1. The van der Waals surface area contributed by atoms with Crippen molar-refractivity contribution in [3.63, 3.8) is 0 Å². The van der Waals surface area contributed by atoms with E-state index in [4.69, 9.17) is 0 Å². The van der Waals surface area contributed by atoms with Crippen LogP contribution in [0.4, 0.5) is 0 Å². The van der Waals surface area contributed by atoms with Crippen molar-refractivity contribution in [2.45, 2.75) is 75.9 Å². The molecular weight excluding hydrogens is 406 g/mol. The smallest absolute Gasteiger partial charge is 0.254 e. The summed E-state index contributed by atoms with van der Waals surface area (Å²) in [4.78, 5) is 17.7. The number of likely N-dealkylation sites (tertiary alicyclic amines) is 1. The molecule has 1 saturated carbocycles. The van der Waals surface area contributed by atoms with Crippen LogP contribution < -0.4 is 5.32 Å². The lowest BCUT2D eigenvalue weighted by molar-refractivity contribution is 0.0674. The number of fused-ring (bicyclic) bond motifs is 1. The van der Waals surface area contributed by atoms with Gasteiger partial charge in [0.05, 0.1) is 0 Å². The normalized spacial score (nSPS) is 24.7. The van der Waals surface area contributed by atoms with Crippen molar-refractivity contribution in [1.82, 2.24) is 15.1 Å². The Morgan fingerprint density at radius 1 is 0.848 bits per heavy atom. The number of piperidine rings is 2. The Labute approximate surface area is 198 Å². The minimum atomic E-state index is 0.239. The van der Waals surface area contributed by atoms with E-state index in [1.165, 1.54) is 60.8 Å². The van der Waals surface area contributed by atoms with Crippen LogP contribution >= 0.6 is 0 Å². The third-order valence-corrected chi connectivity index (χ3v) is 8.69. The average molecular weight is 444 g/mol. The Kier molecular flexibility index (Phi) is 5.98. The number of amides is 1. The minimum absolute atomic E-state index is 0.239. The van der Waals surface area contributed by atoms with E-state index in [1.807, 2.05) is 0 Å². The number of hydrogen-bond acceptors (Lipinski definition) is 3. The second kappa shape index (κ2) is 9.23. The van der Waals surface area contributed by atoms with Gasteiger partial charge < -0.3 is 10.2 Å². The Morgan fingerprint density at radius 3 is 2.30 bits per heavy atom. The standard InChI is InChI=1S/C29H37N3O/c33-29-28-11-10-25(17-26(28)20-32(29)27-5-2-14-30-18-27)24-12-15-31(16-13-24)19-21-6-8-23(9-7-21)22-3-1-4-22/h6-11,17,22,24,27,30H,1-5,12-16,18-20H2. The molecule has 1 aliphatic carbocycles. The maximum Gasteiger partial charge on any atom is 0.254 e. The van der Waals surface area contributed by atoms with Crippen molar-refractivity contribution in [2.24, 2.45) is 0 Å². The zero-order chi connectivity index (χ0) is 22.2. The molecule has 3 heterocycles. The largest absolute Gasteiger partial charge is 0.330 e. The highest BCUT2D eigenvalue weighted by molar-refractivity contribution is 5.98. The molecular formula is C29H37N3O. The molecule has 1 amide bonds. The molecule has 0 spiro atoms. The monoisotopic (exact) mass is 443 g/mol. The van der Waals surface area contributed by atoms with Gasteiger partial charge in [0, 0.05) is 31.2 Å². The van der Waals surface area contributed by atoms with Crippen molar-refractivity contribution in [3.8, 4) is 0 Å². The number of rotatable bonds is 5. The minimum Gasteiger partial charge on any atom is -0.330 e. The topological polar surface area (TPSA) is 35.6 Å². The first kappa shape index (κ1) is 21.4. The first-order valence-corrected chi connectivity index (χ1v) is 13.2. The summed E-state index contributed by atoms with van der Waals surface area (Å²) < 4.78 is 0. The van der Waals surface area contributed by atoms with Crippen molar-refractivity contribution in [1.29, 1.82) is 0 Å². The van der Waals surface area contributed by atoms with Gasteiger partial charge in [-0.05, 0) is 98.3 Å². The van der Waals surface area contributed by atoms with Crippen LogP contribution in [0.15, 0.2) is 42.5 Å². The van der Waals surface area contributed by atoms with Gasteiger partial charge in [0.25, 0.3) is 5.91 Å². The van der Waals surface area contributed by atoms with Crippen LogP contribution in [0.5, 0.6) is 0 Å². The highest BCUT2D eigenvalue weighted by atomic mass is 16.2. The molecule has 33 heavy (non-hydrogen) atoms. The van der Waals surface area contributed by atoms with Gasteiger partial charge in [0.1, 0.15) is 0 Å². The van der Waals surface area contributed by atoms with Crippen LogP contribution in [0.3, 0.4) is 0 Å². The highest BCUT2D eigenvalue weighted by Crippen LogP contribution is 2.37. The lowest BCUT2D eigenvalue weighted by atomic mass is 9.80. The fourth-order valence-electron chi connectivity index (χ4n) is 6.33. The lowest BCUT2D eigenvalue weighted by Crippen LogP contribution is -2.46. The third-order valence-electron chi connectivity index (χ3n) is 8.69. The summed E-state index contributed by atoms with van der Waals surface area (Å²) in [6.07, 6.45) is 8.87. The first-order valence-electron chi connectivity index (χ1n) is 13.2. The highest BCUT2D eigenvalue weighted by Gasteiger charge is 2.34. The molecule has 1 atom stereocenters. The van der Waals surface area contributed by atoms with Crippen LogP contribution in [-0.2, 0) is 13.1 Å². The molecule has 174 valence electrons. The van der Waals surface area contributed by atoms with Gasteiger partial charge >= 0.3 is 0 Å². The number of benzene rings is 2. The van der Waals surface area contributed by atoms with E-state index in [2.05, 4.69) is 57.6 Å². The molecule has 1 N–H and O–H groups in total. The zero-order valence-corrected chi connectivity index (χ0v) is 19.8. The van der Waals surface area contributed by atoms with Gasteiger partial charge in [-0.3, -0.25) is 9.69 Å². The van der Waals surface area contributed by atoms with E-state index >= 15 is 0 Å². The average Bonchev–Trinajstić information content (AvgIpc) is 3.16. The summed E-state index contributed by atoms with van der Waals surface area (Å²) in [5.41, 5.74) is 6.61. The van der Waals surface area contributed by atoms with Crippen molar-refractivity contribution in [2.75, 3.05) is 26.2 Å². The molecule has 0 radical (unpaired) electrons. The summed E-state index contributed by atoms with van der Waals surface area (Å²) in [6.45, 7) is 6.20. The summed E-state index contributed by atoms with van der Waals surface area (Å²) >= 11 is 0. The Hall–Kier alpha value is -2.17. The molecule has 2 aromatic rings. The number of hydrogen-bond donors (Lipinski definition) is 1. The van der Waals surface area contributed by atoms with E-state index in [0.29, 0.717) is 12.0 Å². The van der Waals surface area contributed by atoms with Crippen LogP contribution in [0, 0.1) is 0 Å². The molecule has 4 heteroatoms. The van der Waals surface area contributed by atoms with E-state index in [1.54, 1.807) is 0 Å². The van der Waals surface area contributed by atoms with E-state index in [0.717, 1.165) is 57.2 Å². The second-order valence-electron chi connectivity index (χ2n) is 10.8. The summed E-state index contributed by atoms with van der Waals surface area (Å²) in [6, 6.07) is 16.5. The van der Waals surface area contributed by atoms with E-state index < -0.39 is 0 Å². The Bertz CT molecular complexity index is 982. The molecule has 3 aliphatic heterocycles. The zero-order valence-electron chi connectivity index (χ0n) is 19.8. The Morgan fingerprint density at radius 2 is 1.61 bits per heavy atom. The van der Waals surface area contributed by atoms with E-state index in [-0.39, 0.29) is 5.91 Å². The fraction of sp³-hybridized carbons (Fsp3) is 0.552. The molecule has 0 aromatic heterocycles. The van der Waals surface area contributed by atoms with Crippen LogP contribution in [0.25, 0.3) is 0 Å². The number of nitrogens with zero attached hydrogens (tertiary/aromatic N) is 2. The third kappa shape index (κ3) is 4.36. The predicted molar refractivity (Wildman–Crippen MR) is 132 cm³/mol. The molecule has 4 nitrogen and oxygen atoms in total. The molecule has 1 unspecified atom stereocenters. The van der Waals surface area contributed by atoms with Crippen molar-refractivity contribution in [3.05, 3.63) is 70.3 Å². The molecule has 3 fully saturated rings. The maximum absolute atomic E-state index is 13.0. The summed E-state index contributed by atoms with van der Waals surface area (Å²) in [5.74, 6) is 1.68. The van der Waals surface area contributed by atoms with E-state index in [9.17, 15) is 4.79 Å². The van der Waals surface area contributed by atoms with Gasteiger partial charge in [0.2, 0.25) is 0 Å². The predicted octanol–water partition coefficient (Wildman–Crippen LogP) is 5.04. The van der Waals surface area contributed by atoms with Gasteiger partial charge in [-0.25, -0.2) is 0 Å². The van der Waals surface area contributed by atoms with Gasteiger partial charge in [-0.2, -0.15) is 0 Å². The summed E-state index contributed by atoms with van der Waals surface area (Å²) in [5, 5.41) is 3.46. The number of carbonyl (C=O) groups is 1.